The van der Waals surface area contributed by atoms with Gasteiger partial charge in [0.2, 0.25) is 11.9 Å². The number of aromatic amines is 1. The smallest absolute Gasteiger partial charge is 0.225 e. The molecule has 0 radical (unpaired) electrons. The minimum Gasteiger partial charge on any atom is -0.361 e. The summed E-state index contributed by atoms with van der Waals surface area (Å²) in [6.07, 6.45) is 7.67. The summed E-state index contributed by atoms with van der Waals surface area (Å²) in [5.74, 6) is 1.68. The maximum absolute atomic E-state index is 12.5. The van der Waals surface area contributed by atoms with Crippen molar-refractivity contribution in [3.63, 3.8) is 0 Å². The molecule has 182 valence electrons. The summed E-state index contributed by atoms with van der Waals surface area (Å²) >= 11 is 0. The van der Waals surface area contributed by atoms with Gasteiger partial charge < -0.3 is 19.7 Å². The van der Waals surface area contributed by atoms with Gasteiger partial charge in [-0.25, -0.2) is 9.97 Å². The van der Waals surface area contributed by atoms with Crippen LogP contribution in [0.3, 0.4) is 0 Å². The molecule has 8 heteroatoms. The van der Waals surface area contributed by atoms with E-state index in [1.807, 2.05) is 47.3 Å². The molecule has 2 atom stereocenters. The summed E-state index contributed by atoms with van der Waals surface area (Å²) < 4.78 is 5.35. The van der Waals surface area contributed by atoms with E-state index in [9.17, 15) is 4.79 Å². The molecule has 1 aliphatic carbocycles. The second kappa shape index (κ2) is 9.17. The van der Waals surface area contributed by atoms with E-state index in [0.717, 1.165) is 76.0 Å². The third-order valence-corrected chi connectivity index (χ3v) is 7.03. The lowest BCUT2D eigenvalue weighted by Gasteiger charge is -2.30. The average molecular weight is 473 g/mol. The second-order valence-corrected chi connectivity index (χ2v) is 9.82. The van der Waals surface area contributed by atoms with Gasteiger partial charge in [0.1, 0.15) is 5.76 Å². The van der Waals surface area contributed by atoms with Crippen molar-refractivity contribution in [3.05, 3.63) is 47.6 Å². The third kappa shape index (κ3) is 4.40. The molecule has 0 unspecified atom stereocenters. The van der Waals surface area contributed by atoms with Gasteiger partial charge in [-0.2, -0.15) is 0 Å². The van der Waals surface area contributed by atoms with Gasteiger partial charge in [-0.15, -0.1) is 0 Å². The van der Waals surface area contributed by atoms with Gasteiger partial charge in [0, 0.05) is 60.5 Å². The summed E-state index contributed by atoms with van der Waals surface area (Å²) in [5, 5.41) is 8.69. The predicted molar refractivity (Wildman–Crippen MR) is 137 cm³/mol. The van der Waals surface area contributed by atoms with Crippen molar-refractivity contribution in [2.75, 3.05) is 19.4 Å². The second-order valence-electron chi connectivity index (χ2n) is 9.82. The number of rotatable bonds is 5. The molecule has 0 aliphatic heterocycles. The molecule has 8 nitrogen and oxygen atoms in total. The molecule has 1 aromatic carbocycles. The number of carbonyl (C=O) groups is 1. The van der Waals surface area contributed by atoms with Crippen LogP contribution in [0.25, 0.3) is 33.3 Å². The fourth-order valence-corrected chi connectivity index (χ4v) is 5.25. The Morgan fingerprint density at radius 3 is 2.77 bits per heavy atom. The number of amides is 1. The number of aryl methyl sites for hydroxylation is 3. The van der Waals surface area contributed by atoms with Gasteiger partial charge in [0.05, 0.1) is 11.4 Å². The number of benzene rings is 1. The standard InChI is InChI=1S/C27H32N6O2/c1-15-13-29-27(30-20-8-6-7-19(11-20)26(34)33(4)5)31-25(15)22-14-28-23-12-18(9-10-21(22)23)24-16(2)32-35-17(24)3/h9-10,12-14,19-20,28H,6-8,11H2,1-5H3,(H,29,30,31)/t19-,20+/m0/s1. The molecular weight excluding hydrogens is 440 g/mol. The molecular formula is C27H32N6O2. The van der Waals surface area contributed by atoms with Crippen LogP contribution < -0.4 is 5.32 Å². The molecule has 35 heavy (non-hydrogen) atoms. The van der Waals surface area contributed by atoms with Crippen molar-refractivity contribution >= 4 is 22.8 Å². The topological polar surface area (TPSA) is 99.9 Å². The average Bonchev–Trinajstić information content (AvgIpc) is 3.41. The zero-order valence-electron chi connectivity index (χ0n) is 21.0. The van der Waals surface area contributed by atoms with Gasteiger partial charge in [-0.3, -0.25) is 4.79 Å². The van der Waals surface area contributed by atoms with E-state index in [2.05, 4.69) is 38.6 Å². The maximum Gasteiger partial charge on any atom is 0.225 e. The molecule has 5 rings (SSSR count). The largest absolute Gasteiger partial charge is 0.361 e. The SMILES string of the molecule is Cc1cnc(N[C@@H]2CCC[C@H](C(=O)N(C)C)C2)nc1-c1c[nH]c2cc(-c3c(C)noc3C)ccc12. The molecule has 1 saturated carbocycles. The molecule has 1 amide bonds. The summed E-state index contributed by atoms with van der Waals surface area (Å²) in [5.41, 5.74) is 6.97. The predicted octanol–water partition coefficient (Wildman–Crippen LogP) is 5.26. The van der Waals surface area contributed by atoms with E-state index >= 15 is 0 Å². The van der Waals surface area contributed by atoms with Crippen LogP contribution in [0.4, 0.5) is 5.95 Å². The molecule has 3 aromatic heterocycles. The minimum absolute atomic E-state index is 0.0571. The molecule has 0 spiro atoms. The number of nitrogens with zero attached hydrogens (tertiary/aromatic N) is 4. The normalized spacial score (nSPS) is 18.1. The van der Waals surface area contributed by atoms with Gasteiger partial charge in [0.25, 0.3) is 0 Å². The van der Waals surface area contributed by atoms with Gasteiger partial charge in [-0.1, -0.05) is 23.7 Å². The van der Waals surface area contributed by atoms with Crippen LogP contribution >= 0.6 is 0 Å². The van der Waals surface area contributed by atoms with Crippen molar-refractivity contribution in [3.8, 4) is 22.4 Å². The first-order valence-corrected chi connectivity index (χ1v) is 12.2. The highest BCUT2D eigenvalue weighted by atomic mass is 16.5. The summed E-state index contributed by atoms with van der Waals surface area (Å²) in [6, 6.07) is 6.54. The first-order chi connectivity index (χ1) is 16.8. The van der Waals surface area contributed by atoms with Crippen LogP contribution in [0.2, 0.25) is 0 Å². The Labute approximate surface area is 205 Å². The molecule has 1 aliphatic rings. The monoisotopic (exact) mass is 472 g/mol. The van der Waals surface area contributed by atoms with E-state index in [1.165, 1.54) is 0 Å². The molecule has 4 aromatic rings. The zero-order valence-corrected chi connectivity index (χ0v) is 21.0. The van der Waals surface area contributed by atoms with E-state index < -0.39 is 0 Å². The van der Waals surface area contributed by atoms with Crippen molar-refractivity contribution in [2.24, 2.45) is 5.92 Å². The summed E-state index contributed by atoms with van der Waals surface area (Å²) in [6.45, 7) is 5.92. The van der Waals surface area contributed by atoms with Crippen LogP contribution in [-0.2, 0) is 4.79 Å². The lowest BCUT2D eigenvalue weighted by Crippen LogP contribution is -2.37. The Morgan fingerprint density at radius 2 is 2.03 bits per heavy atom. The first kappa shape index (κ1) is 23.1. The van der Waals surface area contributed by atoms with Gasteiger partial charge in [0.15, 0.2) is 0 Å². The number of fused-ring (bicyclic) bond motifs is 1. The van der Waals surface area contributed by atoms with Crippen LogP contribution in [-0.4, -0.2) is 51.1 Å². The van der Waals surface area contributed by atoms with Crippen molar-refractivity contribution in [1.82, 2.24) is 25.0 Å². The van der Waals surface area contributed by atoms with Crippen LogP contribution in [0.5, 0.6) is 0 Å². The molecule has 2 N–H and O–H groups in total. The number of carbonyl (C=O) groups excluding carboxylic acids is 1. The fourth-order valence-electron chi connectivity index (χ4n) is 5.25. The highest BCUT2D eigenvalue weighted by Gasteiger charge is 2.28. The number of hydrogen-bond donors (Lipinski definition) is 2. The molecule has 0 saturated heterocycles. The van der Waals surface area contributed by atoms with Gasteiger partial charge in [-0.05, 0) is 57.2 Å². The quantitative estimate of drug-likeness (QED) is 0.411. The van der Waals surface area contributed by atoms with Crippen molar-refractivity contribution < 1.29 is 9.32 Å². The zero-order chi connectivity index (χ0) is 24.7. The van der Waals surface area contributed by atoms with E-state index in [-0.39, 0.29) is 17.9 Å². The van der Waals surface area contributed by atoms with Gasteiger partial charge >= 0.3 is 0 Å². The highest BCUT2D eigenvalue weighted by molar-refractivity contribution is 5.97. The first-order valence-electron chi connectivity index (χ1n) is 12.2. The maximum atomic E-state index is 12.5. The van der Waals surface area contributed by atoms with Crippen LogP contribution in [0.15, 0.2) is 35.1 Å². The highest BCUT2D eigenvalue weighted by Crippen LogP contribution is 2.35. The third-order valence-electron chi connectivity index (χ3n) is 7.03. The molecule has 1 fully saturated rings. The number of hydrogen-bond acceptors (Lipinski definition) is 6. The summed E-state index contributed by atoms with van der Waals surface area (Å²) in [4.78, 5) is 27.0. The Balaban J connectivity index is 1.42. The lowest BCUT2D eigenvalue weighted by molar-refractivity contribution is -0.134. The molecule has 0 bridgehead atoms. The number of anilines is 1. The number of aromatic nitrogens is 4. The Morgan fingerprint density at radius 1 is 1.20 bits per heavy atom. The number of nitrogens with one attached hydrogen (secondary N) is 2. The minimum atomic E-state index is 0.0571. The lowest BCUT2D eigenvalue weighted by atomic mass is 9.85. The Kier molecular flexibility index (Phi) is 6.05. The van der Waals surface area contributed by atoms with E-state index in [0.29, 0.717) is 5.95 Å². The van der Waals surface area contributed by atoms with E-state index in [1.54, 1.807) is 4.90 Å². The Hall–Kier alpha value is -3.68. The van der Waals surface area contributed by atoms with Crippen molar-refractivity contribution in [1.29, 1.82) is 0 Å². The van der Waals surface area contributed by atoms with Crippen molar-refractivity contribution in [2.45, 2.75) is 52.5 Å². The summed E-state index contributed by atoms with van der Waals surface area (Å²) in [7, 11) is 3.65. The number of H-pyrrole nitrogens is 1. The van der Waals surface area contributed by atoms with E-state index in [4.69, 9.17) is 9.51 Å². The van der Waals surface area contributed by atoms with Crippen LogP contribution in [0.1, 0.15) is 42.7 Å². The van der Waals surface area contributed by atoms with Crippen LogP contribution in [0, 0.1) is 26.7 Å². The Bertz CT molecular complexity index is 1370. The molecule has 3 heterocycles. The fraction of sp³-hybridized carbons (Fsp3) is 0.407.